The number of nitrogens with zero attached hydrogens (tertiary/aromatic N) is 1. The summed E-state index contributed by atoms with van der Waals surface area (Å²) >= 11 is 5.86. The van der Waals surface area contributed by atoms with E-state index in [-0.39, 0.29) is 6.10 Å². The Bertz CT molecular complexity index is 373. The van der Waals surface area contributed by atoms with Crippen molar-refractivity contribution < 1.29 is 9.47 Å². The molecule has 0 saturated carbocycles. The first-order valence-electron chi connectivity index (χ1n) is 4.52. The number of halogens is 1. The smallest absolute Gasteiger partial charge is 0.121 e. The number of ether oxygens (including phenoxy) is 2. The van der Waals surface area contributed by atoms with Crippen LogP contribution in [-0.4, -0.2) is 19.8 Å². The van der Waals surface area contributed by atoms with Crippen molar-refractivity contribution in [2.45, 2.75) is 13.0 Å². The summed E-state index contributed by atoms with van der Waals surface area (Å²) in [6, 6.07) is 6.97. The van der Waals surface area contributed by atoms with Crippen LogP contribution >= 0.6 is 11.6 Å². The van der Waals surface area contributed by atoms with E-state index < -0.39 is 0 Å². The SMILES string of the molecule is COCC(C)Oc1ccc(C#N)c(Cl)c1. The lowest BCUT2D eigenvalue weighted by Crippen LogP contribution is -2.17. The largest absolute Gasteiger partial charge is 0.488 e. The van der Waals surface area contributed by atoms with Crippen LogP contribution in [0, 0.1) is 11.3 Å². The first-order chi connectivity index (χ1) is 7.17. The maximum absolute atomic E-state index is 8.68. The van der Waals surface area contributed by atoms with Gasteiger partial charge in [-0.1, -0.05) is 11.6 Å². The van der Waals surface area contributed by atoms with Crippen molar-refractivity contribution in [2.24, 2.45) is 0 Å². The Hall–Kier alpha value is -1.24. The summed E-state index contributed by atoms with van der Waals surface area (Å²) in [5.41, 5.74) is 0.448. The molecular weight excluding hydrogens is 214 g/mol. The minimum atomic E-state index is -0.0426. The van der Waals surface area contributed by atoms with Crippen LogP contribution in [0.2, 0.25) is 5.02 Å². The molecule has 0 saturated heterocycles. The number of rotatable bonds is 4. The van der Waals surface area contributed by atoms with Crippen LogP contribution in [0.3, 0.4) is 0 Å². The molecule has 1 aromatic rings. The predicted molar refractivity (Wildman–Crippen MR) is 58.1 cm³/mol. The van der Waals surface area contributed by atoms with Crippen molar-refractivity contribution in [1.29, 1.82) is 5.26 Å². The molecule has 0 heterocycles. The summed E-state index contributed by atoms with van der Waals surface area (Å²) in [4.78, 5) is 0. The number of methoxy groups -OCH3 is 1. The molecule has 0 fully saturated rings. The fourth-order valence-electron chi connectivity index (χ4n) is 1.16. The van der Waals surface area contributed by atoms with Crippen LogP contribution in [0.25, 0.3) is 0 Å². The maximum Gasteiger partial charge on any atom is 0.121 e. The molecular formula is C11H12ClNO2. The first-order valence-corrected chi connectivity index (χ1v) is 4.90. The lowest BCUT2D eigenvalue weighted by Gasteiger charge is -2.13. The highest BCUT2D eigenvalue weighted by molar-refractivity contribution is 6.31. The van der Waals surface area contributed by atoms with Crippen LogP contribution in [0.15, 0.2) is 18.2 Å². The third-order valence-electron chi connectivity index (χ3n) is 1.80. The van der Waals surface area contributed by atoms with Crippen molar-refractivity contribution in [3.8, 4) is 11.8 Å². The highest BCUT2D eigenvalue weighted by Crippen LogP contribution is 2.22. The molecule has 0 spiro atoms. The van der Waals surface area contributed by atoms with Gasteiger partial charge in [0.05, 0.1) is 17.2 Å². The minimum absolute atomic E-state index is 0.0426. The van der Waals surface area contributed by atoms with Crippen LogP contribution in [-0.2, 0) is 4.74 Å². The molecule has 3 nitrogen and oxygen atoms in total. The van der Waals surface area contributed by atoms with Crippen LogP contribution in [0.5, 0.6) is 5.75 Å². The van der Waals surface area contributed by atoms with E-state index in [4.69, 9.17) is 26.3 Å². The van der Waals surface area contributed by atoms with Crippen LogP contribution in [0.1, 0.15) is 12.5 Å². The molecule has 0 bridgehead atoms. The Labute approximate surface area is 94.2 Å². The number of nitriles is 1. The van der Waals surface area contributed by atoms with Crippen molar-refractivity contribution in [3.05, 3.63) is 28.8 Å². The molecule has 0 N–H and O–H groups in total. The highest BCUT2D eigenvalue weighted by Gasteiger charge is 2.05. The van der Waals surface area contributed by atoms with E-state index in [9.17, 15) is 0 Å². The molecule has 1 rings (SSSR count). The van der Waals surface area contributed by atoms with Crippen molar-refractivity contribution in [3.63, 3.8) is 0 Å². The van der Waals surface area contributed by atoms with Crippen molar-refractivity contribution in [2.75, 3.05) is 13.7 Å². The van der Waals surface area contributed by atoms with Gasteiger partial charge in [-0.15, -0.1) is 0 Å². The molecule has 1 unspecified atom stereocenters. The van der Waals surface area contributed by atoms with Gasteiger partial charge in [0.1, 0.15) is 17.9 Å². The van der Waals surface area contributed by atoms with Gasteiger partial charge in [0.2, 0.25) is 0 Å². The summed E-state index contributed by atoms with van der Waals surface area (Å²) in [6.45, 7) is 2.41. The van der Waals surface area contributed by atoms with Gasteiger partial charge in [0.25, 0.3) is 0 Å². The van der Waals surface area contributed by atoms with Gasteiger partial charge in [-0.3, -0.25) is 0 Å². The molecule has 1 atom stereocenters. The molecule has 0 aliphatic carbocycles. The Balaban J connectivity index is 2.72. The minimum Gasteiger partial charge on any atom is -0.488 e. The van der Waals surface area contributed by atoms with Crippen molar-refractivity contribution in [1.82, 2.24) is 0 Å². The lowest BCUT2D eigenvalue weighted by molar-refractivity contribution is 0.0921. The number of hydrogen-bond donors (Lipinski definition) is 0. The van der Waals surface area contributed by atoms with E-state index in [2.05, 4.69) is 0 Å². The van der Waals surface area contributed by atoms with Gasteiger partial charge in [-0.2, -0.15) is 5.26 Å². The zero-order valence-corrected chi connectivity index (χ0v) is 9.41. The quantitative estimate of drug-likeness (QED) is 0.791. The Morgan fingerprint density at radius 2 is 2.27 bits per heavy atom. The molecule has 0 radical (unpaired) electrons. The van der Waals surface area contributed by atoms with Crippen LogP contribution in [0.4, 0.5) is 0 Å². The van der Waals surface area contributed by atoms with Gasteiger partial charge < -0.3 is 9.47 Å². The summed E-state index contributed by atoms with van der Waals surface area (Å²) in [6.07, 6.45) is -0.0426. The van der Waals surface area contributed by atoms with E-state index >= 15 is 0 Å². The molecule has 15 heavy (non-hydrogen) atoms. The van der Waals surface area contributed by atoms with E-state index in [1.807, 2.05) is 13.0 Å². The molecule has 0 aliphatic heterocycles. The molecule has 0 aromatic heterocycles. The monoisotopic (exact) mass is 225 g/mol. The molecule has 0 aliphatic rings. The van der Waals surface area contributed by atoms with Gasteiger partial charge >= 0.3 is 0 Å². The normalized spacial score (nSPS) is 11.9. The van der Waals surface area contributed by atoms with Crippen LogP contribution < -0.4 is 4.74 Å². The fourth-order valence-corrected chi connectivity index (χ4v) is 1.37. The third-order valence-corrected chi connectivity index (χ3v) is 2.11. The second-order valence-electron chi connectivity index (χ2n) is 3.14. The Kier molecular flexibility index (Phi) is 4.41. The van der Waals surface area contributed by atoms with Crippen molar-refractivity contribution >= 4 is 11.6 Å². The number of hydrogen-bond acceptors (Lipinski definition) is 3. The molecule has 1 aromatic carbocycles. The summed E-state index contributed by atoms with van der Waals surface area (Å²) in [5.74, 6) is 0.642. The van der Waals surface area contributed by atoms with E-state index in [1.165, 1.54) is 0 Å². The summed E-state index contributed by atoms with van der Waals surface area (Å²) in [5, 5.41) is 9.08. The zero-order valence-electron chi connectivity index (χ0n) is 8.66. The fraction of sp³-hybridized carbons (Fsp3) is 0.364. The average molecular weight is 226 g/mol. The van der Waals surface area contributed by atoms with Gasteiger partial charge in [-0.25, -0.2) is 0 Å². The standard InChI is InChI=1S/C11H12ClNO2/c1-8(7-14-2)15-10-4-3-9(6-13)11(12)5-10/h3-5,8H,7H2,1-2H3. The zero-order chi connectivity index (χ0) is 11.3. The van der Waals surface area contributed by atoms with E-state index in [1.54, 1.807) is 25.3 Å². The third kappa shape index (κ3) is 3.43. The second kappa shape index (κ2) is 5.59. The lowest BCUT2D eigenvalue weighted by atomic mass is 10.2. The second-order valence-corrected chi connectivity index (χ2v) is 3.54. The summed E-state index contributed by atoms with van der Waals surface area (Å²) < 4.78 is 10.5. The Morgan fingerprint density at radius 1 is 1.53 bits per heavy atom. The molecule has 4 heteroatoms. The molecule has 80 valence electrons. The van der Waals surface area contributed by atoms with Gasteiger partial charge in [-0.05, 0) is 19.1 Å². The summed E-state index contributed by atoms with van der Waals surface area (Å²) in [7, 11) is 1.62. The highest BCUT2D eigenvalue weighted by atomic mass is 35.5. The van der Waals surface area contributed by atoms with E-state index in [0.717, 1.165) is 0 Å². The average Bonchev–Trinajstić information content (AvgIpc) is 2.18. The van der Waals surface area contributed by atoms with Gasteiger partial charge in [0, 0.05) is 13.2 Å². The first kappa shape index (κ1) is 11.8. The maximum atomic E-state index is 8.68. The van der Waals surface area contributed by atoms with E-state index in [0.29, 0.717) is 22.9 Å². The Morgan fingerprint density at radius 3 is 2.80 bits per heavy atom. The predicted octanol–water partition coefficient (Wildman–Crippen LogP) is 2.63. The number of benzene rings is 1. The molecule has 0 amide bonds. The topological polar surface area (TPSA) is 42.2 Å². The van der Waals surface area contributed by atoms with Gasteiger partial charge in [0.15, 0.2) is 0 Å².